The molecule has 3 unspecified atom stereocenters. The molecule has 1 fully saturated rings. The normalized spacial score (nSPS) is 30.3. The summed E-state index contributed by atoms with van der Waals surface area (Å²) in [5.74, 6) is 0.474. The molecule has 0 aromatic heterocycles. The van der Waals surface area contributed by atoms with Gasteiger partial charge in [0.2, 0.25) is 15.9 Å². The van der Waals surface area contributed by atoms with Crippen LogP contribution in [0.3, 0.4) is 0 Å². The highest BCUT2D eigenvalue weighted by Crippen LogP contribution is 2.39. The number of hydrogen-bond acceptors (Lipinski definition) is 3. The minimum absolute atomic E-state index is 0.121. The van der Waals surface area contributed by atoms with Crippen LogP contribution >= 0.6 is 0 Å². The van der Waals surface area contributed by atoms with E-state index >= 15 is 0 Å². The number of carbonyl (C=O) groups excluding carboxylic acids is 1. The number of amides is 1. The molecule has 4 nitrogen and oxygen atoms in total. The van der Waals surface area contributed by atoms with Crippen LogP contribution in [0.1, 0.15) is 39.5 Å². The van der Waals surface area contributed by atoms with Gasteiger partial charge in [0.25, 0.3) is 0 Å². The smallest absolute Gasteiger partial charge is 0.236 e. The van der Waals surface area contributed by atoms with Crippen molar-refractivity contribution in [3.63, 3.8) is 0 Å². The van der Waals surface area contributed by atoms with Gasteiger partial charge in [0, 0.05) is 5.92 Å². The Balaban J connectivity index is 2.68. The molecule has 1 aliphatic carbocycles. The van der Waals surface area contributed by atoms with Crippen LogP contribution in [0, 0.1) is 17.8 Å². The van der Waals surface area contributed by atoms with Gasteiger partial charge >= 0.3 is 0 Å². The lowest BCUT2D eigenvalue weighted by molar-refractivity contribution is -0.124. The van der Waals surface area contributed by atoms with Gasteiger partial charge in [-0.25, -0.2) is 8.42 Å². The molecular formula is C11H21NO3S. The van der Waals surface area contributed by atoms with Crippen LogP contribution in [-0.2, 0) is 14.8 Å². The van der Waals surface area contributed by atoms with E-state index in [1.165, 1.54) is 0 Å². The number of carbonyl (C=O) groups is 1. The van der Waals surface area contributed by atoms with Gasteiger partial charge in [0.05, 0.1) is 6.26 Å². The predicted octanol–water partition coefficient (Wildman–Crippen LogP) is 1.52. The van der Waals surface area contributed by atoms with E-state index in [-0.39, 0.29) is 11.8 Å². The fourth-order valence-corrected chi connectivity index (χ4v) is 3.12. The van der Waals surface area contributed by atoms with E-state index < -0.39 is 10.0 Å². The molecule has 0 bridgehead atoms. The van der Waals surface area contributed by atoms with E-state index in [1.807, 2.05) is 0 Å². The van der Waals surface area contributed by atoms with Gasteiger partial charge in [-0.05, 0) is 24.7 Å². The van der Waals surface area contributed by atoms with Crippen molar-refractivity contribution in [2.45, 2.75) is 39.5 Å². The van der Waals surface area contributed by atoms with Crippen molar-refractivity contribution in [3.05, 3.63) is 0 Å². The molecule has 0 aromatic carbocycles. The minimum atomic E-state index is -3.42. The molecule has 0 aromatic rings. The van der Waals surface area contributed by atoms with Gasteiger partial charge < -0.3 is 0 Å². The molecule has 0 heterocycles. The predicted molar refractivity (Wildman–Crippen MR) is 63.3 cm³/mol. The Morgan fingerprint density at radius 2 is 1.88 bits per heavy atom. The zero-order chi connectivity index (χ0) is 12.3. The monoisotopic (exact) mass is 247 g/mol. The maximum absolute atomic E-state index is 11.8. The molecule has 0 radical (unpaired) electrons. The second-order valence-electron chi connectivity index (χ2n) is 4.76. The third kappa shape index (κ3) is 3.47. The zero-order valence-corrected chi connectivity index (χ0v) is 11.0. The van der Waals surface area contributed by atoms with E-state index in [2.05, 4.69) is 18.6 Å². The molecule has 5 heteroatoms. The van der Waals surface area contributed by atoms with Crippen molar-refractivity contribution >= 4 is 15.9 Å². The first-order chi connectivity index (χ1) is 7.37. The van der Waals surface area contributed by atoms with Crippen molar-refractivity contribution in [3.8, 4) is 0 Å². The molecule has 0 spiro atoms. The Kier molecular flexibility index (Phi) is 4.35. The average molecular weight is 247 g/mol. The summed E-state index contributed by atoms with van der Waals surface area (Å²) in [6.07, 6.45) is 4.92. The summed E-state index contributed by atoms with van der Waals surface area (Å²) in [5.41, 5.74) is 0. The van der Waals surface area contributed by atoms with Crippen molar-refractivity contribution in [1.29, 1.82) is 0 Å². The van der Waals surface area contributed by atoms with Gasteiger partial charge in [-0.15, -0.1) is 0 Å². The Labute approximate surface area is 97.9 Å². The minimum Gasteiger partial charge on any atom is -0.274 e. The first-order valence-electron chi connectivity index (χ1n) is 5.89. The third-order valence-corrected chi connectivity index (χ3v) is 4.09. The van der Waals surface area contributed by atoms with E-state index in [0.29, 0.717) is 11.8 Å². The van der Waals surface area contributed by atoms with E-state index in [1.54, 1.807) is 0 Å². The van der Waals surface area contributed by atoms with Crippen molar-refractivity contribution in [1.82, 2.24) is 4.72 Å². The summed E-state index contributed by atoms with van der Waals surface area (Å²) >= 11 is 0. The largest absolute Gasteiger partial charge is 0.274 e. The Hall–Kier alpha value is -0.580. The van der Waals surface area contributed by atoms with Gasteiger partial charge in [-0.3, -0.25) is 9.52 Å². The van der Waals surface area contributed by atoms with Crippen LogP contribution < -0.4 is 4.72 Å². The van der Waals surface area contributed by atoms with Crippen LogP contribution in [0.25, 0.3) is 0 Å². The number of hydrogen-bond donors (Lipinski definition) is 1. The molecule has 94 valence electrons. The van der Waals surface area contributed by atoms with Crippen molar-refractivity contribution < 1.29 is 13.2 Å². The average Bonchev–Trinajstić information content (AvgIpc) is 2.58. The van der Waals surface area contributed by atoms with Crippen LogP contribution in [0.5, 0.6) is 0 Å². The Morgan fingerprint density at radius 3 is 2.31 bits per heavy atom. The first-order valence-corrected chi connectivity index (χ1v) is 7.78. The lowest BCUT2D eigenvalue weighted by Gasteiger charge is -2.16. The summed E-state index contributed by atoms with van der Waals surface area (Å²) in [4.78, 5) is 11.8. The summed E-state index contributed by atoms with van der Waals surface area (Å²) in [6, 6.07) is 0. The molecule has 0 aliphatic heterocycles. The molecule has 1 rings (SSSR count). The SMILES string of the molecule is CCC1CC(CC)C(C(=O)NS(C)(=O)=O)C1. The highest BCUT2D eigenvalue weighted by Gasteiger charge is 2.37. The summed E-state index contributed by atoms with van der Waals surface area (Å²) in [6.45, 7) is 4.18. The second-order valence-corrected chi connectivity index (χ2v) is 6.51. The highest BCUT2D eigenvalue weighted by molar-refractivity contribution is 7.89. The van der Waals surface area contributed by atoms with Crippen LogP contribution in [-0.4, -0.2) is 20.6 Å². The van der Waals surface area contributed by atoms with E-state index in [4.69, 9.17) is 0 Å². The lowest BCUT2D eigenvalue weighted by Crippen LogP contribution is -2.36. The van der Waals surface area contributed by atoms with Crippen LogP contribution in [0.4, 0.5) is 0 Å². The quantitative estimate of drug-likeness (QED) is 0.819. The summed E-state index contributed by atoms with van der Waals surface area (Å²) < 4.78 is 24.1. The Bertz CT molecular complexity index is 350. The van der Waals surface area contributed by atoms with Crippen LogP contribution in [0.15, 0.2) is 0 Å². The second kappa shape index (κ2) is 5.17. The van der Waals surface area contributed by atoms with Crippen molar-refractivity contribution in [2.24, 2.45) is 17.8 Å². The molecule has 3 atom stereocenters. The zero-order valence-electron chi connectivity index (χ0n) is 10.2. The van der Waals surface area contributed by atoms with E-state index in [0.717, 1.165) is 31.9 Å². The van der Waals surface area contributed by atoms with Gasteiger partial charge in [-0.1, -0.05) is 26.7 Å². The summed E-state index contributed by atoms with van der Waals surface area (Å²) in [7, 11) is -3.42. The van der Waals surface area contributed by atoms with Gasteiger partial charge in [0.1, 0.15) is 0 Å². The van der Waals surface area contributed by atoms with Crippen LogP contribution in [0.2, 0.25) is 0 Å². The highest BCUT2D eigenvalue weighted by atomic mass is 32.2. The fraction of sp³-hybridized carbons (Fsp3) is 0.909. The van der Waals surface area contributed by atoms with E-state index in [9.17, 15) is 13.2 Å². The molecule has 1 saturated carbocycles. The molecule has 0 saturated heterocycles. The fourth-order valence-electron chi connectivity index (χ4n) is 2.60. The molecule has 16 heavy (non-hydrogen) atoms. The summed E-state index contributed by atoms with van der Waals surface area (Å²) in [5, 5.41) is 0. The Morgan fingerprint density at radius 1 is 1.25 bits per heavy atom. The van der Waals surface area contributed by atoms with Gasteiger partial charge in [-0.2, -0.15) is 0 Å². The standard InChI is InChI=1S/C11H21NO3S/c1-4-8-6-9(5-2)10(7-8)11(13)12-16(3,14)15/h8-10H,4-7H2,1-3H3,(H,12,13). The maximum Gasteiger partial charge on any atom is 0.236 e. The molecule has 1 amide bonds. The topological polar surface area (TPSA) is 63.2 Å². The first kappa shape index (κ1) is 13.5. The number of nitrogens with one attached hydrogen (secondary N) is 1. The number of sulfonamides is 1. The maximum atomic E-state index is 11.8. The van der Waals surface area contributed by atoms with Crippen molar-refractivity contribution in [2.75, 3.05) is 6.26 Å². The molecular weight excluding hydrogens is 226 g/mol. The number of rotatable bonds is 4. The molecule has 1 N–H and O–H groups in total. The third-order valence-electron chi connectivity index (χ3n) is 3.52. The molecule has 1 aliphatic rings. The lowest BCUT2D eigenvalue weighted by atomic mass is 9.93. The van der Waals surface area contributed by atoms with Gasteiger partial charge in [0.15, 0.2) is 0 Å².